The quantitative estimate of drug-likeness (QED) is 0.802. The monoisotopic (exact) mass is 301 g/mol. The Balaban J connectivity index is 1.40. The Labute approximate surface area is 133 Å². The number of nitrogens with zero attached hydrogens (tertiary/aromatic N) is 1. The van der Waals surface area contributed by atoms with Crippen molar-refractivity contribution in [1.82, 2.24) is 4.90 Å². The van der Waals surface area contributed by atoms with Gasteiger partial charge < -0.3 is 9.64 Å². The molecule has 1 aromatic rings. The highest BCUT2D eigenvalue weighted by atomic mass is 16.5. The highest BCUT2D eigenvalue weighted by Crippen LogP contribution is 2.49. The first-order valence-corrected chi connectivity index (χ1v) is 8.55. The summed E-state index contributed by atoms with van der Waals surface area (Å²) in [5.74, 6) is 3.55. The van der Waals surface area contributed by atoms with Crippen LogP contribution in [0.15, 0.2) is 24.3 Å². The largest absolute Gasteiger partial charge is 0.492 e. The van der Waals surface area contributed by atoms with Crippen LogP contribution in [0.2, 0.25) is 0 Å². The lowest BCUT2D eigenvalue weighted by Gasteiger charge is -2.24. The molecule has 0 N–H and O–H groups in total. The van der Waals surface area contributed by atoms with Crippen molar-refractivity contribution < 1.29 is 9.53 Å². The van der Waals surface area contributed by atoms with Gasteiger partial charge in [-0.25, -0.2) is 0 Å². The molecule has 3 unspecified atom stereocenters. The van der Waals surface area contributed by atoms with E-state index in [2.05, 4.69) is 13.0 Å². The highest BCUT2D eigenvalue weighted by Gasteiger charge is 2.40. The minimum atomic E-state index is 0.283. The number of carbonyl (C=O) groups is 1. The van der Waals surface area contributed by atoms with Gasteiger partial charge >= 0.3 is 0 Å². The maximum Gasteiger partial charge on any atom is 0.222 e. The molecule has 2 bridgehead atoms. The van der Waals surface area contributed by atoms with Crippen molar-refractivity contribution in [2.45, 2.75) is 39.0 Å². The van der Waals surface area contributed by atoms with Crippen molar-refractivity contribution in [3.63, 3.8) is 0 Å². The molecule has 120 valence electrons. The second kappa shape index (κ2) is 6.72. The molecule has 1 amide bonds. The van der Waals surface area contributed by atoms with Gasteiger partial charge in [-0.15, -0.1) is 0 Å². The second-order valence-electron chi connectivity index (χ2n) is 7.12. The van der Waals surface area contributed by atoms with Crippen LogP contribution in [0.4, 0.5) is 0 Å². The number of benzene rings is 1. The van der Waals surface area contributed by atoms with Gasteiger partial charge in [-0.1, -0.05) is 18.6 Å². The summed E-state index contributed by atoms with van der Waals surface area (Å²) in [6.07, 6.45) is 6.14. The Kier molecular flexibility index (Phi) is 4.70. The van der Waals surface area contributed by atoms with Crippen molar-refractivity contribution in [2.75, 3.05) is 20.2 Å². The van der Waals surface area contributed by atoms with E-state index in [1.807, 2.05) is 30.1 Å². The molecule has 3 atom stereocenters. The zero-order chi connectivity index (χ0) is 15.5. The first-order valence-electron chi connectivity index (χ1n) is 8.55. The molecule has 1 aromatic carbocycles. The van der Waals surface area contributed by atoms with Crippen LogP contribution >= 0.6 is 0 Å². The zero-order valence-electron chi connectivity index (χ0n) is 13.8. The third kappa shape index (κ3) is 3.63. The number of aryl methyl sites for hydroxylation is 1. The smallest absolute Gasteiger partial charge is 0.222 e. The fraction of sp³-hybridized carbons (Fsp3) is 0.632. The van der Waals surface area contributed by atoms with E-state index >= 15 is 0 Å². The lowest BCUT2D eigenvalue weighted by Crippen LogP contribution is -2.33. The number of hydrogen-bond donors (Lipinski definition) is 0. The van der Waals surface area contributed by atoms with Crippen molar-refractivity contribution in [3.05, 3.63) is 29.8 Å². The van der Waals surface area contributed by atoms with E-state index < -0.39 is 0 Å². The molecule has 3 rings (SSSR count). The lowest BCUT2D eigenvalue weighted by atomic mass is 9.86. The topological polar surface area (TPSA) is 29.5 Å². The number of amides is 1. The first-order chi connectivity index (χ1) is 10.6. The Morgan fingerprint density at radius 1 is 1.32 bits per heavy atom. The molecule has 0 saturated heterocycles. The fourth-order valence-corrected chi connectivity index (χ4v) is 4.14. The van der Waals surface area contributed by atoms with Gasteiger partial charge in [0.1, 0.15) is 12.4 Å². The summed E-state index contributed by atoms with van der Waals surface area (Å²) in [6, 6.07) is 8.04. The minimum Gasteiger partial charge on any atom is -0.492 e. The van der Waals surface area contributed by atoms with Crippen LogP contribution in [0.3, 0.4) is 0 Å². The van der Waals surface area contributed by atoms with E-state index in [1.54, 1.807) is 0 Å². The van der Waals surface area contributed by atoms with Gasteiger partial charge in [-0.05, 0) is 61.6 Å². The normalized spacial score (nSPS) is 26.2. The van der Waals surface area contributed by atoms with Gasteiger partial charge in [0, 0.05) is 13.5 Å². The van der Waals surface area contributed by atoms with Gasteiger partial charge in [0.2, 0.25) is 5.91 Å². The molecule has 2 saturated carbocycles. The highest BCUT2D eigenvalue weighted by molar-refractivity contribution is 5.76. The molecule has 0 spiro atoms. The van der Waals surface area contributed by atoms with Crippen LogP contribution in [0.25, 0.3) is 0 Å². The van der Waals surface area contributed by atoms with Crippen molar-refractivity contribution in [2.24, 2.45) is 17.8 Å². The summed E-state index contributed by atoms with van der Waals surface area (Å²) in [5, 5.41) is 0. The number of fused-ring (bicyclic) bond motifs is 2. The predicted octanol–water partition coefficient (Wildman–Crippen LogP) is 3.66. The second-order valence-corrected chi connectivity index (χ2v) is 7.12. The molecule has 0 aliphatic heterocycles. The number of hydrogen-bond acceptors (Lipinski definition) is 2. The molecular weight excluding hydrogens is 274 g/mol. The molecule has 0 aromatic heterocycles. The molecule has 22 heavy (non-hydrogen) atoms. The average Bonchev–Trinajstić information content (AvgIpc) is 3.09. The van der Waals surface area contributed by atoms with Gasteiger partial charge in [-0.3, -0.25) is 4.79 Å². The standard InChI is InChI=1S/C19H27NO2/c1-14-4-3-5-18(10-14)22-9-8-20(2)19(21)13-17-12-15-6-7-16(17)11-15/h3-5,10,15-17H,6-9,11-13H2,1-2H3. The van der Waals surface area contributed by atoms with E-state index in [9.17, 15) is 4.79 Å². The van der Waals surface area contributed by atoms with Crippen LogP contribution < -0.4 is 4.74 Å². The molecular formula is C19H27NO2. The Morgan fingerprint density at radius 3 is 2.86 bits per heavy atom. The maximum atomic E-state index is 12.3. The lowest BCUT2D eigenvalue weighted by molar-refractivity contribution is -0.131. The SMILES string of the molecule is Cc1cccc(OCCN(C)C(=O)CC2CC3CCC2C3)c1. The van der Waals surface area contributed by atoms with Crippen LogP contribution in [0.1, 0.15) is 37.7 Å². The van der Waals surface area contributed by atoms with Crippen LogP contribution in [0.5, 0.6) is 5.75 Å². The van der Waals surface area contributed by atoms with Crippen molar-refractivity contribution >= 4 is 5.91 Å². The number of likely N-dealkylation sites (N-methyl/N-ethyl adjacent to an activating group) is 1. The van der Waals surface area contributed by atoms with Gasteiger partial charge in [0.15, 0.2) is 0 Å². The van der Waals surface area contributed by atoms with Crippen molar-refractivity contribution in [3.8, 4) is 5.75 Å². The van der Waals surface area contributed by atoms with Crippen molar-refractivity contribution in [1.29, 1.82) is 0 Å². The number of rotatable bonds is 6. The van der Waals surface area contributed by atoms with Gasteiger partial charge in [0.25, 0.3) is 0 Å². The summed E-state index contributed by atoms with van der Waals surface area (Å²) in [5.41, 5.74) is 1.19. The molecule has 0 radical (unpaired) electrons. The molecule has 0 heterocycles. The number of ether oxygens (including phenoxy) is 1. The number of carbonyl (C=O) groups excluding carboxylic acids is 1. The minimum absolute atomic E-state index is 0.283. The average molecular weight is 301 g/mol. The Morgan fingerprint density at radius 2 is 2.18 bits per heavy atom. The van der Waals surface area contributed by atoms with E-state index in [0.29, 0.717) is 19.1 Å². The molecule has 2 aliphatic carbocycles. The van der Waals surface area contributed by atoms with Gasteiger partial charge in [0.05, 0.1) is 6.54 Å². The summed E-state index contributed by atoms with van der Waals surface area (Å²) in [6.45, 7) is 3.27. The molecule has 2 fully saturated rings. The maximum absolute atomic E-state index is 12.3. The fourth-order valence-electron chi connectivity index (χ4n) is 4.14. The molecule has 2 aliphatic rings. The van der Waals surface area contributed by atoms with E-state index in [4.69, 9.17) is 4.74 Å². The summed E-state index contributed by atoms with van der Waals surface area (Å²) in [7, 11) is 1.90. The molecule has 3 nitrogen and oxygen atoms in total. The van der Waals surface area contributed by atoms with Crippen LogP contribution in [0, 0.1) is 24.7 Å². The Bertz CT molecular complexity index is 528. The predicted molar refractivity (Wildman–Crippen MR) is 87.9 cm³/mol. The third-order valence-electron chi connectivity index (χ3n) is 5.43. The third-order valence-corrected chi connectivity index (χ3v) is 5.43. The Hall–Kier alpha value is -1.51. The van der Waals surface area contributed by atoms with E-state index in [1.165, 1.54) is 31.2 Å². The summed E-state index contributed by atoms with van der Waals surface area (Å²) in [4.78, 5) is 14.2. The first kappa shape index (κ1) is 15.4. The van der Waals surface area contributed by atoms with Crippen LogP contribution in [-0.4, -0.2) is 31.0 Å². The summed E-state index contributed by atoms with van der Waals surface area (Å²) < 4.78 is 5.73. The van der Waals surface area contributed by atoms with Crippen LogP contribution in [-0.2, 0) is 4.79 Å². The summed E-state index contributed by atoms with van der Waals surface area (Å²) >= 11 is 0. The molecule has 3 heteroatoms. The zero-order valence-corrected chi connectivity index (χ0v) is 13.8. The van der Waals surface area contributed by atoms with E-state index in [0.717, 1.165) is 24.0 Å². The van der Waals surface area contributed by atoms with E-state index in [-0.39, 0.29) is 5.91 Å². The van der Waals surface area contributed by atoms with Gasteiger partial charge in [-0.2, -0.15) is 0 Å².